The second kappa shape index (κ2) is 9.07. The molecule has 7 heteroatoms. The molecule has 0 aliphatic heterocycles. The fourth-order valence-corrected chi connectivity index (χ4v) is 1.96. The molecule has 0 heterocycles. The topological polar surface area (TPSA) is 103 Å². The molecular weight excluding hydrogens is 322 g/mol. The van der Waals surface area contributed by atoms with Crippen LogP contribution < -0.4 is 20.6 Å². The highest BCUT2D eigenvalue weighted by Gasteiger charge is 2.07. The highest BCUT2D eigenvalue weighted by Crippen LogP contribution is 2.27. The summed E-state index contributed by atoms with van der Waals surface area (Å²) in [6.45, 7) is 2.03. The van der Waals surface area contributed by atoms with Crippen molar-refractivity contribution >= 4 is 18.0 Å². The van der Waals surface area contributed by atoms with E-state index in [9.17, 15) is 9.59 Å². The standard InChI is InChI=1S/C18H19N3O4/c1-2-24-16-10-13(8-9-15(16)25-12-17(19)22)11-20-21-18(23)14-6-4-3-5-7-14/h3-11H,2,12H2,1H3,(H2,19,22)(H,21,23)/b20-11+. The number of hydrogen-bond acceptors (Lipinski definition) is 5. The molecule has 2 rings (SSSR count). The summed E-state index contributed by atoms with van der Waals surface area (Å²) in [7, 11) is 0. The van der Waals surface area contributed by atoms with Crippen LogP contribution in [-0.2, 0) is 4.79 Å². The lowest BCUT2D eigenvalue weighted by atomic mass is 10.2. The van der Waals surface area contributed by atoms with Gasteiger partial charge < -0.3 is 15.2 Å². The molecule has 0 aliphatic carbocycles. The van der Waals surface area contributed by atoms with Gasteiger partial charge in [0.2, 0.25) is 0 Å². The van der Waals surface area contributed by atoms with E-state index in [2.05, 4.69) is 10.5 Å². The first-order valence-corrected chi connectivity index (χ1v) is 7.66. The first kappa shape index (κ1) is 18.0. The Kier molecular flexibility index (Phi) is 6.53. The summed E-state index contributed by atoms with van der Waals surface area (Å²) in [6.07, 6.45) is 1.49. The van der Waals surface area contributed by atoms with Crippen LogP contribution in [0.1, 0.15) is 22.8 Å². The lowest BCUT2D eigenvalue weighted by Gasteiger charge is -2.11. The van der Waals surface area contributed by atoms with E-state index < -0.39 is 5.91 Å². The van der Waals surface area contributed by atoms with Crippen LogP contribution in [0.15, 0.2) is 53.6 Å². The number of carbonyl (C=O) groups excluding carboxylic acids is 2. The molecule has 2 amide bonds. The molecule has 3 N–H and O–H groups in total. The molecule has 0 saturated heterocycles. The van der Waals surface area contributed by atoms with Crippen molar-refractivity contribution in [2.24, 2.45) is 10.8 Å². The monoisotopic (exact) mass is 341 g/mol. The summed E-state index contributed by atoms with van der Waals surface area (Å²) in [4.78, 5) is 22.7. The van der Waals surface area contributed by atoms with E-state index in [-0.39, 0.29) is 12.5 Å². The van der Waals surface area contributed by atoms with Crippen LogP contribution in [0.5, 0.6) is 11.5 Å². The normalized spacial score (nSPS) is 10.4. The van der Waals surface area contributed by atoms with E-state index in [1.54, 1.807) is 42.5 Å². The number of nitrogens with one attached hydrogen (secondary N) is 1. The summed E-state index contributed by atoms with van der Waals surface area (Å²) in [5.74, 6) is -0.00628. The molecule has 130 valence electrons. The Morgan fingerprint density at radius 1 is 1.12 bits per heavy atom. The van der Waals surface area contributed by atoms with Gasteiger partial charge in [0.05, 0.1) is 12.8 Å². The van der Waals surface area contributed by atoms with Gasteiger partial charge in [0.15, 0.2) is 18.1 Å². The molecule has 0 unspecified atom stereocenters. The van der Waals surface area contributed by atoms with Crippen molar-refractivity contribution < 1.29 is 19.1 Å². The Morgan fingerprint density at radius 3 is 2.56 bits per heavy atom. The molecular formula is C18H19N3O4. The van der Waals surface area contributed by atoms with Gasteiger partial charge >= 0.3 is 0 Å². The van der Waals surface area contributed by atoms with E-state index in [0.29, 0.717) is 29.2 Å². The summed E-state index contributed by atoms with van der Waals surface area (Å²) in [5.41, 5.74) is 8.74. The van der Waals surface area contributed by atoms with Crippen LogP contribution in [0.4, 0.5) is 0 Å². The number of amides is 2. The van der Waals surface area contributed by atoms with Crippen LogP contribution in [-0.4, -0.2) is 31.2 Å². The Hall–Kier alpha value is -3.35. The van der Waals surface area contributed by atoms with Crippen LogP contribution in [0.2, 0.25) is 0 Å². The largest absolute Gasteiger partial charge is 0.490 e. The number of rotatable bonds is 8. The van der Waals surface area contributed by atoms with E-state index in [1.165, 1.54) is 6.21 Å². The van der Waals surface area contributed by atoms with Gasteiger partial charge in [-0.05, 0) is 42.8 Å². The number of nitrogens with zero attached hydrogens (tertiary/aromatic N) is 1. The lowest BCUT2D eigenvalue weighted by Crippen LogP contribution is -2.20. The van der Waals surface area contributed by atoms with Crippen molar-refractivity contribution in [1.29, 1.82) is 0 Å². The van der Waals surface area contributed by atoms with Gasteiger partial charge in [-0.1, -0.05) is 18.2 Å². The Balaban J connectivity index is 2.04. The third kappa shape index (κ3) is 5.65. The average molecular weight is 341 g/mol. The number of hydrazone groups is 1. The minimum absolute atomic E-state index is 0.235. The average Bonchev–Trinajstić information content (AvgIpc) is 2.62. The lowest BCUT2D eigenvalue weighted by molar-refractivity contribution is -0.119. The fourth-order valence-electron chi connectivity index (χ4n) is 1.96. The predicted octanol–water partition coefficient (Wildman–Crippen LogP) is 1.71. The van der Waals surface area contributed by atoms with Crippen molar-refractivity contribution in [3.63, 3.8) is 0 Å². The zero-order chi connectivity index (χ0) is 18.1. The van der Waals surface area contributed by atoms with E-state index in [1.807, 2.05) is 13.0 Å². The highest BCUT2D eigenvalue weighted by molar-refractivity contribution is 5.94. The Bertz CT molecular complexity index is 760. The number of nitrogens with two attached hydrogens (primary N) is 1. The number of benzene rings is 2. The van der Waals surface area contributed by atoms with Crippen molar-refractivity contribution in [2.45, 2.75) is 6.92 Å². The van der Waals surface area contributed by atoms with Gasteiger partial charge in [0.1, 0.15) is 0 Å². The van der Waals surface area contributed by atoms with Gasteiger partial charge in [-0.3, -0.25) is 9.59 Å². The molecule has 0 fully saturated rings. The molecule has 0 atom stereocenters. The van der Waals surface area contributed by atoms with Crippen molar-refractivity contribution in [1.82, 2.24) is 5.43 Å². The molecule has 0 bridgehead atoms. The van der Waals surface area contributed by atoms with Gasteiger partial charge in [0, 0.05) is 5.56 Å². The van der Waals surface area contributed by atoms with E-state index in [0.717, 1.165) is 0 Å². The van der Waals surface area contributed by atoms with Gasteiger partial charge in [0.25, 0.3) is 11.8 Å². The molecule has 0 saturated carbocycles. The van der Waals surface area contributed by atoms with Crippen molar-refractivity contribution in [3.05, 3.63) is 59.7 Å². The first-order chi connectivity index (χ1) is 12.1. The Morgan fingerprint density at radius 2 is 1.88 bits per heavy atom. The first-order valence-electron chi connectivity index (χ1n) is 7.66. The third-order valence-corrected chi connectivity index (χ3v) is 3.05. The molecule has 7 nitrogen and oxygen atoms in total. The number of primary amides is 1. The molecule has 0 aromatic heterocycles. The molecule has 2 aromatic carbocycles. The molecule has 2 aromatic rings. The minimum atomic E-state index is -0.572. The second-order valence-corrected chi connectivity index (χ2v) is 4.96. The van der Waals surface area contributed by atoms with Crippen molar-refractivity contribution in [2.75, 3.05) is 13.2 Å². The molecule has 0 radical (unpaired) electrons. The maximum Gasteiger partial charge on any atom is 0.271 e. The molecule has 0 aliphatic rings. The maximum atomic E-state index is 11.9. The third-order valence-electron chi connectivity index (χ3n) is 3.05. The zero-order valence-electron chi connectivity index (χ0n) is 13.8. The smallest absolute Gasteiger partial charge is 0.271 e. The van der Waals surface area contributed by atoms with E-state index >= 15 is 0 Å². The summed E-state index contributed by atoms with van der Waals surface area (Å²) >= 11 is 0. The summed E-state index contributed by atoms with van der Waals surface area (Å²) < 4.78 is 10.8. The minimum Gasteiger partial charge on any atom is -0.490 e. The zero-order valence-corrected chi connectivity index (χ0v) is 13.8. The second-order valence-electron chi connectivity index (χ2n) is 4.96. The van der Waals surface area contributed by atoms with Gasteiger partial charge in [-0.2, -0.15) is 5.10 Å². The quantitative estimate of drug-likeness (QED) is 0.563. The van der Waals surface area contributed by atoms with Gasteiger partial charge in [-0.25, -0.2) is 5.43 Å². The maximum absolute atomic E-state index is 11.9. The number of hydrogen-bond donors (Lipinski definition) is 2. The summed E-state index contributed by atoms with van der Waals surface area (Å²) in [5, 5.41) is 3.93. The Labute approximate surface area is 145 Å². The SMILES string of the molecule is CCOc1cc(/C=N/NC(=O)c2ccccc2)ccc1OCC(N)=O. The predicted molar refractivity (Wildman–Crippen MR) is 93.8 cm³/mol. The molecule has 25 heavy (non-hydrogen) atoms. The number of ether oxygens (including phenoxy) is 2. The highest BCUT2D eigenvalue weighted by atomic mass is 16.5. The number of carbonyl (C=O) groups is 2. The van der Waals surface area contributed by atoms with Crippen molar-refractivity contribution in [3.8, 4) is 11.5 Å². The van der Waals surface area contributed by atoms with Crippen LogP contribution in [0, 0.1) is 0 Å². The van der Waals surface area contributed by atoms with E-state index in [4.69, 9.17) is 15.2 Å². The molecule has 0 spiro atoms. The fraction of sp³-hybridized carbons (Fsp3) is 0.167. The summed E-state index contributed by atoms with van der Waals surface area (Å²) in [6, 6.07) is 13.8. The van der Waals surface area contributed by atoms with Gasteiger partial charge in [-0.15, -0.1) is 0 Å². The van der Waals surface area contributed by atoms with Crippen LogP contribution in [0.25, 0.3) is 0 Å². The van der Waals surface area contributed by atoms with Crippen LogP contribution >= 0.6 is 0 Å². The van der Waals surface area contributed by atoms with Crippen LogP contribution in [0.3, 0.4) is 0 Å².